The van der Waals surface area contributed by atoms with Crippen molar-refractivity contribution in [1.82, 2.24) is 0 Å². The lowest BCUT2D eigenvalue weighted by Gasteiger charge is -2.61. The fourth-order valence-corrected chi connectivity index (χ4v) is 6.96. The Labute approximate surface area is 151 Å². The van der Waals surface area contributed by atoms with Gasteiger partial charge in [-0.2, -0.15) is 0 Å². The van der Waals surface area contributed by atoms with Crippen LogP contribution in [0.1, 0.15) is 66.7 Å². The fraction of sp³-hybridized carbons (Fsp3) is 0.857. The number of carbonyl (C=O) groups is 1. The maximum Gasteiger partial charge on any atom is 0.310 e. The minimum absolute atomic E-state index is 0.0249. The Hall–Kier alpha value is -0.870. The molecule has 0 heterocycles. The molecule has 0 aromatic heterocycles. The van der Waals surface area contributed by atoms with Crippen LogP contribution in [0.5, 0.6) is 0 Å². The van der Waals surface area contributed by atoms with Gasteiger partial charge in [-0.1, -0.05) is 39.8 Å². The van der Waals surface area contributed by atoms with Crippen LogP contribution < -0.4 is 0 Å². The molecule has 0 bridgehead atoms. The molecule has 0 spiro atoms. The van der Waals surface area contributed by atoms with Gasteiger partial charge in [-0.15, -0.1) is 0 Å². The Morgan fingerprint density at radius 3 is 2.32 bits per heavy atom. The van der Waals surface area contributed by atoms with Gasteiger partial charge in [0.15, 0.2) is 0 Å². The Morgan fingerprint density at radius 2 is 1.76 bits per heavy atom. The average Bonchev–Trinajstić information content (AvgIpc) is 2.89. The summed E-state index contributed by atoms with van der Waals surface area (Å²) in [5, 5.41) is 32.2. The molecule has 142 valence electrons. The number of aliphatic carboxylic acids is 1. The second-order valence-electron chi connectivity index (χ2n) is 9.90. The zero-order valence-electron chi connectivity index (χ0n) is 16.2. The van der Waals surface area contributed by atoms with Crippen LogP contribution >= 0.6 is 0 Å². The minimum Gasteiger partial charge on any atom is -0.481 e. The third-order valence-corrected chi connectivity index (χ3v) is 8.54. The zero-order valence-corrected chi connectivity index (χ0v) is 16.2. The van der Waals surface area contributed by atoms with E-state index in [-0.39, 0.29) is 17.3 Å². The zero-order chi connectivity index (χ0) is 18.8. The van der Waals surface area contributed by atoms with E-state index < -0.39 is 28.5 Å². The molecule has 0 aromatic carbocycles. The summed E-state index contributed by atoms with van der Waals surface area (Å²) in [5.74, 6) is -0.118. The highest BCUT2D eigenvalue weighted by Gasteiger charge is 2.70. The highest BCUT2D eigenvalue weighted by Crippen LogP contribution is 2.71. The Balaban J connectivity index is 2.14. The standard InChI is InChI=1S/C21H34O4/c1-13(2)14-7-8-15-18(3)9-6-10-20(5,25)16(22)19(18,4)11-12-21(14,15)17(23)24/h6,10,13-16,22,25H,7-9,11-12H2,1-5H3,(H,23,24)/t14-,15+,16-,18+,19+,20+,21+/m1/s1. The van der Waals surface area contributed by atoms with Gasteiger partial charge >= 0.3 is 5.97 Å². The topological polar surface area (TPSA) is 77.8 Å². The number of aliphatic hydroxyl groups is 2. The molecule has 0 aliphatic heterocycles. The number of carboxylic acids is 1. The van der Waals surface area contributed by atoms with Crippen LogP contribution in [-0.2, 0) is 4.79 Å². The Morgan fingerprint density at radius 1 is 1.12 bits per heavy atom. The summed E-state index contributed by atoms with van der Waals surface area (Å²) in [4.78, 5) is 12.6. The monoisotopic (exact) mass is 350 g/mol. The number of hydrogen-bond donors (Lipinski definition) is 3. The second-order valence-corrected chi connectivity index (χ2v) is 9.90. The summed E-state index contributed by atoms with van der Waals surface area (Å²) in [6.45, 7) is 10.2. The maximum atomic E-state index is 12.6. The molecule has 2 saturated carbocycles. The molecule has 2 fully saturated rings. The van der Waals surface area contributed by atoms with E-state index in [0.29, 0.717) is 25.2 Å². The fourth-order valence-electron chi connectivity index (χ4n) is 6.96. The van der Waals surface area contributed by atoms with Crippen molar-refractivity contribution in [2.75, 3.05) is 0 Å². The van der Waals surface area contributed by atoms with Gasteiger partial charge in [-0.05, 0) is 62.2 Å². The normalized spacial score (nSPS) is 52.6. The van der Waals surface area contributed by atoms with Crippen LogP contribution in [0.4, 0.5) is 0 Å². The number of aliphatic hydroxyl groups excluding tert-OH is 1. The van der Waals surface area contributed by atoms with E-state index in [4.69, 9.17) is 0 Å². The largest absolute Gasteiger partial charge is 0.481 e. The van der Waals surface area contributed by atoms with Crippen molar-refractivity contribution in [3.05, 3.63) is 12.2 Å². The molecule has 3 aliphatic carbocycles. The molecule has 0 aromatic rings. The first-order chi connectivity index (χ1) is 11.4. The first-order valence-corrected chi connectivity index (χ1v) is 9.75. The van der Waals surface area contributed by atoms with E-state index in [1.54, 1.807) is 13.0 Å². The lowest BCUT2D eigenvalue weighted by Crippen LogP contribution is -2.63. The number of carboxylic acid groups (broad SMARTS) is 1. The van der Waals surface area contributed by atoms with Crippen LogP contribution in [0.3, 0.4) is 0 Å². The van der Waals surface area contributed by atoms with Crippen molar-refractivity contribution in [2.24, 2.45) is 34.0 Å². The average molecular weight is 350 g/mol. The molecule has 0 unspecified atom stereocenters. The maximum absolute atomic E-state index is 12.6. The molecule has 25 heavy (non-hydrogen) atoms. The van der Waals surface area contributed by atoms with Crippen molar-refractivity contribution in [3.8, 4) is 0 Å². The molecular weight excluding hydrogens is 316 g/mol. The van der Waals surface area contributed by atoms with E-state index in [1.165, 1.54) is 0 Å². The van der Waals surface area contributed by atoms with Gasteiger partial charge in [-0.25, -0.2) is 0 Å². The highest BCUT2D eigenvalue weighted by atomic mass is 16.4. The molecule has 3 N–H and O–H groups in total. The Bertz CT molecular complexity index is 595. The van der Waals surface area contributed by atoms with Crippen LogP contribution in [0.15, 0.2) is 12.2 Å². The summed E-state index contributed by atoms with van der Waals surface area (Å²) < 4.78 is 0. The van der Waals surface area contributed by atoms with E-state index in [1.807, 2.05) is 6.08 Å². The van der Waals surface area contributed by atoms with Gasteiger partial charge in [0.25, 0.3) is 0 Å². The molecular formula is C21H34O4. The third-order valence-electron chi connectivity index (χ3n) is 8.54. The molecule has 4 nitrogen and oxygen atoms in total. The van der Waals surface area contributed by atoms with Crippen LogP contribution in [0.25, 0.3) is 0 Å². The lowest BCUT2D eigenvalue weighted by molar-refractivity contribution is -0.208. The van der Waals surface area contributed by atoms with E-state index in [2.05, 4.69) is 27.7 Å². The van der Waals surface area contributed by atoms with Crippen molar-refractivity contribution >= 4 is 5.97 Å². The molecule has 0 amide bonds. The van der Waals surface area contributed by atoms with Gasteiger partial charge in [0.2, 0.25) is 0 Å². The highest BCUT2D eigenvalue weighted by molar-refractivity contribution is 5.76. The van der Waals surface area contributed by atoms with Crippen molar-refractivity contribution in [1.29, 1.82) is 0 Å². The number of hydrogen-bond acceptors (Lipinski definition) is 3. The SMILES string of the molecule is CC(C)[C@H]1CC[C@@H]2[C@]1(C(=O)O)CC[C@@]1(C)[C@@H](O)[C@@](C)(O)C=CC[C@@]21C. The number of allylic oxidation sites excluding steroid dienone is 1. The summed E-state index contributed by atoms with van der Waals surface area (Å²) in [5.41, 5.74) is -2.82. The number of fused-ring (bicyclic) bond motifs is 3. The minimum atomic E-state index is -1.27. The predicted octanol–water partition coefficient (Wildman–Crippen LogP) is 3.62. The number of rotatable bonds is 2. The van der Waals surface area contributed by atoms with Crippen LogP contribution in [-0.4, -0.2) is 33.0 Å². The lowest BCUT2D eigenvalue weighted by atomic mass is 9.42. The first kappa shape index (κ1) is 18.9. The van der Waals surface area contributed by atoms with Crippen molar-refractivity contribution in [2.45, 2.75) is 78.4 Å². The van der Waals surface area contributed by atoms with Gasteiger partial charge in [0, 0.05) is 5.41 Å². The van der Waals surface area contributed by atoms with Gasteiger partial charge in [-0.3, -0.25) is 4.79 Å². The summed E-state index contributed by atoms with van der Waals surface area (Å²) in [6.07, 6.45) is 6.55. The predicted molar refractivity (Wildman–Crippen MR) is 97.0 cm³/mol. The first-order valence-electron chi connectivity index (χ1n) is 9.75. The second kappa shape index (κ2) is 5.56. The van der Waals surface area contributed by atoms with Crippen molar-refractivity contribution in [3.63, 3.8) is 0 Å². The summed E-state index contributed by atoms with van der Waals surface area (Å²) in [6, 6.07) is 0. The van der Waals surface area contributed by atoms with E-state index >= 15 is 0 Å². The molecule has 7 atom stereocenters. The molecule has 0 saturated heterocycles. The molecule has 3 rings (SSSR count). The van der Waals surface area contributed by atoms with Crippen molar-refractivity contribution < 1.29 is 20.1 Å². The van der Waals surface area contributed by atoms with Gasteiger partial charge < -0.3 is 15.3 Å². The smallest absolute Gasteiger partial charge is 0.310 e. The summed E-state index contributed by atoms with van der Waals surface area (Å²) in [7, 11) is 0. The van der Waals surface area contributed by atoms with E-state index in [9.17, 15) is 20.1 Å². The Kier molecular flexibility index (Phi) is 4.21. The molecule has 3 aliphatic rings. The van der Waals surface area contributed by atoms with Gasteiger partial charge in [0.05, 0.1) is 11.5 Å². The molecule has 0 radical (unpaired) electrons. The van der Waals surface area contributed by atoms with Crippen LogP contribution in [0, 0.1) is 34.0 Å². The van der Waals surface area contributed by atoms with Crippen LogP contribution in [0.2, 0.25) is 0 Å². The third kappa shape index (κ3) is 2.22. The van der Waals surface area contributed by atoms with Gasteiger partial charge in [0.1, 0.15) is 5.60 Å². The quantitative estimate of drug-likeness (QED) is 0.665. The summed E-state index contributed by atoms with van der Waals surface area (Å²) >= 11 is 0. The molecule has 4 heteroatoms. The van der Waals surface area contributed by atoms with E-state index in [0.717, 1.165) is 12.8 Å².